The van der Waals surface area contributed by atoms with Gasteiger partial charge in [0, 0.05) is 18.5 Å². The summed E-state index contributed by atoms with van der Waals surface area (Å²) in [7, 11) is 0. The van der Waals surface area contributed by atoms with Crippen molar-refractivity contribution in [2.24, 2.45) is 5.73 Å². The molecule has 0 fully saturated rings. The van der Waals surface area contributed by atoms with E-state index in [1.165, 1.54) is 5.56 Å². The van der Waals surface area contributed by atoms with Crippen molar-refractivity contribution in [3.63, 3.8) is 0 Å². The molecule has 3 nitrogen and oxygen atoms in total. The lowest BCUT2D eigenvalue weighted by Gasteiger charge is -2.04. The van der Waals surface area contributed by atoms with E-state index in [1.807, 2.05) is 24.4 Å². The molecule has 2 aromatic rings. The average Bonchev–Trinajstić information content (AvgIpc) is 2.73. The fourth-order valence-electron chi connectivity index (χ4n) is 1.48. The van der Waals surface area contributed by atoms with Gasteiger partial charge in [-0.05, 0) is 18.1 Å². The highest BCUT2D eigenvalue weighted by Crippen LogP contribution is 2.15. The molecule has 0 aliphatic rings. The van der Waals surface area contributed by atoms with Gasteiger partial charge in [0.2, 0.25) is 0 Å². The zero-order chi connectivity index (χ0) is 11.4. The third-order valence-corrected chi connectivity index (χ3v) is 3.21. The third-order valence-electron chi connectivity index (χ3n) is 2.29. The Balaban J connectivity index is 1.99. The number of hydrogen-bond donors (Lipinski definition) is 2. The molecule has 0 atom stereocenters. The molecule has 1 heterocycles. The van der Waals surface area contributed by atoms with Gasteiger partial charge in [-0.1, -0.05) is 24.3 Å². The second-order valence-electron chi connectivity index (χ2n) is 3.67. The molecular formula is C12H15N3S. The highest BCUT2D eigenvalue weighted by molar-refractivity contribution is 7.13. The Morgan fingerprint density at radius 2 is 2.19 bits per heavy atom. The number of nitrogens with two attached hydrogens (primary N) is 1. The Bertz CT molecular complexity index is 465. The Morgan fingerprint density at radius 1 is 1.38 bits per heavy atom. The first-order valence-corrected chi connectivity index (χ1v) is 6.10. The quantitative estimate of drug-likeness (QED) is 0.853. The summed E-state index contributed by atoms with van der Waals surface area (Å²) in [4.78, 5) is 4.35. The third kappa shape index (κ3) is 2.81. The Kier molecular flexibility index (Phi) is 3.54. The monoisotopic (exact) mass is 233 g/mol. The van der Waals surface area contributed by atoms with E-state index >= 15 is 0 Å². The zero-order valence-corrected chi connectivity index (χ0v) is 10.1. The molecule has 0 unspecified atom stereocenters. The molecule has 84 valence electrons. The highest BCUT2D eigenvalue weighted by atomic mass is 32.1. The van der Waals surface area contributed by atoms with E-state index in [2.05, 4.69) is 22.4 Å². The number of aryl methyl sites for hydroxylation is 1. The molecule has 0 aliphatic carbocycles. The molecule has 0 bridgehead atoms. The molecule has 1 aromatic heterocycles. The number of hydrogen-bond acceptors (Lipinski definition) is 4. The van der Waals surface area contributed by atoms with Crippen LogP contribution in [-0.4, -0.2) is 4.98 Å². The van der Waals surface area contributed by atoms with Crippen LogP contribution in [0.5, 0.6) is 0 Å². The molecule has 1 aromatic carbocycles. The first-order chi connectivity index (χ1) is 7.78. The van der Waals surface area contributed by atoms with Crippen LogP contribution in [0, 0.1) is 6.92 Å². The van der Waals surface area contributed by atoms with E-state index < -0.39 is 0 Å². The van der Waals surface area contributed by atoms with Crippen molar-refractivity contribution >= 4 is 16.5 Å². The standard InChI is InChI=1S/C12H15N3S/c1-9-8-16-12(15-9)14-7-11-4-2-3-10(5-11)6-13/h2-5,8H,6-7,13H2,1H3,(H,14,15). The van der Waals surface area contributed by atoms with E-state index in [9.17, 15) is 0 Å². The van der Waals surface area contributed by atoms with Crippen LogP contribution in [0.2, 0.25) is 0 Å². The van der Waals surface area contributed by atoms with Gasteiger partial charge in [0.15, 0.2) is 5.13 Å². The van der Waals surface area contributed by atoms with Crippen molar-refractivity contribution in [3.8, 4) is 0 Å². The molecule has 3 N–H and O–H groups in total. The van der Waals surface area contributed by atoms with Crippen LogP contribution in [-0.2, 0) is 13.1 Å². The van der Waals surface area contributed by atoms with Gasteiger partial charge >= 0.3 is 0 Å². The van der Waals surface area contributed by atoms with E-state index in [1.54, 1.807) is 11.3 Å². The molecule has 0 saturated heterocycles. The normalized spacial score (nSPS) is 10.4. The first kappa shape index (κ1) is 11.1. The van der Waals surface area contributed by atoms with Gasteiger partial charge in [0.05, 0.1) is 5.69 Å². The number of anilines is 1. The maximum Gasteiger partial charge on any atom is 0.183 e. The van der Waals surface area contributed by atoms with Crippen LogP contribution >= 0.6 is 11.3 Å². The second-order valence-corrected chi connectivity index (χ2v) is 4.53. The number of nitrogens with one attached hydrogen (secondary N) is 1. The lowest BCUT2D eigenvalue weighted by atomic mass is 10.1. The van der Waals surface area contributed by atoms with E-state index in [0.717, 1.165) is 22.9 Å². The number of rotatable bonds is 4. The Labute approximate surface area is 99.3 Å². The summed E-state index contributed by atoms with van der Waals surface area (Å²) in [5, 5.41) is 6.31. The predicted octanol–water partition coefficient (Wildman–Crippen LogP) is 2.52. The largest absolute Gasteiger partial charge is 0.357 e. The lowest BCUT2D eigenvalue weighted by Crippen LogP contribution is -2.01. The maximum absolute atomic E-state index is 5.60. The molecular weight excluding hydrogens is 218 g/mol. The molecule has 16 heavy (non-hydrogen) atoms. The summed E-state index contributed by atoms with van der Waals surface area (Å²) in [6, 6.07) is 8.28. The van der Waals surface area contributed by atoms with Crippen LogP contribution in [0.4, 0.5) is 5.13 Å². The fraction of sp³-hybridized carbons (Fsp3) is 0.250. The summed E-state index contributed by atoms with van der Waals surface area (Å²) in [6.45, 7) is 3.38. The molecule has 0 amide bonds. The minimum absolute atomic E-state index is 0.588. The smallest absolute Gasteiger partial charge is 0.183 e. The van der Waals surface area contributed by atoms with Crippen molar-refractivity contribution in [1.82, 2.24) is 4.98 Å². The van der Waals surface area contributed by atoms with Gasteiger partial charge in [0.25, 0.3) is 0 Å². The minimum atomic E-state index is 0.588. The van der Waals surface area contributed by atoms with Crippen LogP contribution in [0.1, 0.15) is 16.8 Å². The number of aromatic nitrogens is 1. The van der Waals surface area contributed by atoms with Gasteiger partial charge < -0.3 is 11.1 Å². The highest BCUT2D eigenvalue weighted by Gasteiger charge is 1.98. The van der Waals surface area contributed by atoms with Crippen LogP contribution in [0.25, 0.3) is 0 Å². The molecule has 0 aliphatic heterocycles. The van der Waals surface area contributed by atoms with Gasteiger partial charge in [-0.15, -0.1) is 11.3 Å². The zero-order valence-electron chi connectivity index (χ0n) is 9.23. The van der Waals surface area contributed by atoms with Crippen LogP contribution in [0.15, 0.2) is 29.6 Å². The minimum Gasteiger partial charge on any atom is -0.357 e. The number of benzene rings is 1. The van der Waals surface area contributed by atoms with Gasteiger partial charge in [0.1, 0.15) is 0 Å². The van der Waals surface area contributed by atoms with Crippen molar-refractivity contribution in [2.75, 3.05) is 5.32 Å². The molecule has 0 saturated carbocycles. The molecule has 4 heteroatoms. The topological polar surface area (TPSA) is 50.9 Å². The van der Waals surface area contributed by atoms with Crippen LogP contribution < -0.4 is 11.1 Å². The van der Waals surface area contributed by atoms with E-state index in [-0.39, 0.29) is 0 Å². The number of nitrogens with zero attached hydrogens (tertiary/aromatic N) is 1. The Morgan fingerprint density at radius 3 is 2.88 bits per heavy atom. The summed E-state index contributed by atoms with van der Waals surface area (Å²) >= 11 is 1.63. The maximum atomic E-state index is 5.60. The molecule has 0 spiro atoms. The van der Waals surface area contributed by atoms with Crippen molar-refractivity contribution in [2.45, 2.75) is 20.0 Å². The first-order valence-electron chi connectivity index (χ1n) is 5.22. The fourth-order valence-corrected chi connectivity index (χ4v) is 2.17. The van der Waals surface area contributed by atoms with Crippen LogP contribution in [0.3, 0.4) is 0 Å². The second kappa shape index (κ2) is 5.09. The molecule has 0 radical (unpaired) electrons. The average molecular weight is 233 g/mol. The number of thiazole rings is 1. The van der Waals surface area contributed by atoms with Crippen molar-refractivity contribution in [3.05, 3.63) is 46.5 Å². The molecule has 2 rings (SSSR count). The lowest BCUT2D eigenvalue weighted by molar-refractivity contribution is 1.05. The Hall–Kier alpha value is -1.39. The van der Waals surface area contributed by atoms with Gasteiger partial charge in [-0.2, -0.15) is 0 Å². The van der Waals surface area contributed by atoms with E-state index in [0.29, 0.717) is 6.54 Å². The SMILES string of the molecule is Cc1csc(NCc2cccc(CN)c2)n1. The van der Waals surface area contributed by atoms with E-state index in [4.69, 9.17) is 5.73 Å². The van der Waals surface area contributed by atoms with Crippen molar-refractivity contribution < 1.29 is 0 Å². The van der Waals surface area contributed by atoms with Crippen molar-refractivity contribution in [1.29, 1.82) is 0 Å². The summed E-state index contributed by atoms with van der Waals surface area (Å²) in [5.41, 5.74) is 9.05. The summed E-state index contributed by atoms with van der Waals surface area (Å²) in [6.07, 6.45) is 0. The van der Waals surface area contributed by atoms with Gasteiger partial charge in [-0.3, -0.25) is 0 Å². The summed E-state index contributed by atoms with van der Waals surface area (Å²) in [5.74, 6) is 0. The summed E-state index contributed by atoms with van der Waals surface area (Å²) < 4.78 is 0. The predicted molar refractivity (Wildman–Crippen MR) is 68.5 cm³/mol. The van der Waals surface area contributed by atoms with Gasteiger partial charge in [-0.25, -0.2) is 4.98 Å².